The first-order chi connectivity index (χ1) is 11.6. The van der Waals surface area contributed by atoms with E-state index in [1.54, 1.807) is 54.1 Å². The van der Waals surface area contributed by atoms with Gasteiger partial charge in [-0.3, -0.25) is 4.79 Å². The van der Waals surface area contributed by atoms with Crippen molar-refractivity contribution in [3.05, 3.63) is 70.8 Å². The van der Waals surface area contributed by atoms with Gasteiger partial charge in [0.1, 0.15) is 5.82 Å². The van der Waals surface area contributed by atoms with Gasteiger partial charge in [0.15, 0.2) is 0 Å². The van der Waals surface area contributed by atoms with Gasteiger partial charge in [0, 0.05) is 10.7 Å². The highest BCUT2D eigenvalue weighted by Gasteiger charge is 2.15. The van der Waals surface area contributed by atoms with Crippen molar-refractivity contribution < 1.29 is 4.79 Å². The van der Waals surface area contributed by atoms with Crippen molar-refractivity contribution in [1.29, 1.82) is 5.26 Å². The van der Waals surface area contributed by atoms with E-state index < -0.39 is 5.91 Å². The molecule has 1 aromatic heterocycles. The highest BCUT2D eigenvalue weighted by molar-refractivity contribution is 6.30. The van der Waals surface area contributed by atoms with Gasteiger partial charge in [-0.25, -0.2) is 9.67 Å². The highest BCUT2D eigenvalue weighted by Crippen LogP contribution is 2.16. The maximum absolute atomic E-state index is 12.3. The van der Waals surface area contributed by atoms with Crippen LogP contribution in [0.4, 0.5) is 5.69 Å². The molecule has 3 aromatic rings. The number of carbonyl (C=O) groups excluding carboxylic acids is 1. The Kier molecular flexibility index (Phi) is 4.27. The topological polar surface area (TPSA) is 83.6 Å². The van der Waals surface area contributed by atoms with Crippen molar-refractivity contribution in [2.45, 2.75) is 6.92 Å². The molecule has 0 aliphatic rings. The smallest absolute Gasteiger partial charge is 0.295 e. The molecule has 0 saturated heterocycles. The Morgan fingerprint density at radius 1 is 1.25 bits per heavy atom. The Balaban J connectivity index is 1.86. The van der Waals surface area contributed by atoms with Crippen molar-refractivity contribution in [2.75, 3.05) is 5.32 Å². The first kappa shape index (κ1) is 15.7. The molecule has 0 spiro atoms. The number of hydrogen-bond acceptors (Lipinski definition) is 4. The van der Waals surface area contributed by atoms with Gasteiger partial charge in [-0.1, -0.05) is 23.7 Å². The standard InChI is InChI=1S/C17H12ClN5O/c1-11-20-16(22-23(11)15-7-3-5-13(18)9-15)17(24)21-14-6-2-4-12(8-14)10-19/h2-9H,1H3,(H,21,24). The summed E-state index contributed by atoms with van der Waals surface area (Å²) in [5.74, 6) is 0.150. The number of carbonyl (C=O) groups is 1. The molecule has 0 bridgehead atoms. The number of hydrogen-bond donors (Lipinski definition) is 1. The molecule has 24 heavy (non-hydrogen) atoms. The summed E-state index contributed by atoms with van der Waals surface area (Å²) in [6.45, 7) is 1.75. The van der Waals surface area contributed by atoms with Gasteiger partial charge in [0.05, 0.1) is 17.3 Å². The van der Waals surface area contributed by atoms with Crippen molar-refractivity contribution in [3.63, 3.8) is 0 Å². The van der Waals surface area contributed by atoms with E-state index in [1.165, 1.54) is 0 Å². The summed E-state index contributed by atoms with van der Waals surface area (Å²) in [6.07, 6.45) is 0. The Hall–Kier alpha value is -3.17. The number of halogens is 1. The molecule has 2 aromatic carbocycles. The number of anilines is 1. The van der Waals surface area contributed by atoms with E-state index in [0.29, 0.717) is 22.1 Å². The summed E-state index contributed by atoms with van der Waals surface area (Å²) >= 11 is 5.99. The molecule has 0 unspecified atom stereocenters. The molecule has 0 atom stereocenters. The number of aromatic nitrogens is 3. The van der Waals surface area contributed by atoms with E-state index in [1.807, 2.05) is 12.1 Å². The van der Waals surface area contributed by atoms with Crippen LogP contribution in [0.3, 0.4) is 0 Å². The van der Waals surface area contributed by atoms with Gasteiger partial charge in [-0.2, -0.15) is 5.26 Å². The zero-order chi connectivity index (χ0) is 17.1. The molecule has 0 aliphatic heterocycles. The first-order valence-electron chi connectivity index (χ1n) is 7.08. The predicted molar refractivity (Wildman–Crippen MR) is 90.2 cm³/mol. The summed E-state index contributed by atoms with van der Waals surface area (Å²) in [7, 11) is 0. The largest absolute Gasteiger partial charge is 0.319 e. The van der Waals surface area contributed by atoms with Gasteiger partial charge in [-0.05, 0) is 43.3 Å². The summed E-state index contributed by atoms with van der Waals surface area (Å²) in [6, 6.07) is 15.8. The molecule has 3 rings (SSSR count). The zero-order valence-corrected chi connectivity index (χ0v) is 13.4. The van der Waals surface area contributed by atoms with Crippen LogP contribution in [-0.2, 0) is 0 Å². The van der Waals surface area contributed by atoms with Gasteiger partial charge in [0.25, 0.3) is 5.91 Å². The van der Waals surface area contributed by atoms with Crippen LogP contribution in [0.15, 0.2) is 48.5 Å². The lowest BCUT2D eigenvalue weighted by Crippen LogP contribution is -2.14. The molecule has 0 radical (unpaired) electrons. The van der Waals surface area contributed by atoms with Crippen LogP contribution < -0.4 is 5.32 Å². The summed E-state index contributed by atoms with van der Waals surface area (Å²) in [4.78, 5) is 16.5. The van der Waals surface area contributed by atoms with Crippen LogP contribution in [0.2, 0.25) is 5.02 Å². The number of rotatable bonds is 3. The van der Waals surface area contributed by atoms with Crippen molar-refractivity contribution in [2.24, 2.45) is 0 Å². The van der Waals surface area contributed by atoms with Gasteiger partial charge < -0.3 is 5.32 Å². The van der Waals surface area contributed by atoms with Gasteiger partial charge >= 0.3 is 0 Å². The quantitative estimate of drug-likeness (QED) is 0.794. The fraction of sp³-hybridized carbons (Fsp3) is 0.0588. The Labute approximate surface area is 143 Å². The summed E-state index contributed by atoms with van der Waals surface area (Å²) < 4.78 is 1.55. The zero-order valence-electron chi connectivity index (χ0n) is 12.7. The minimum Gasteiger partial charge on any atom is -0.319 e. The van der Waals surface area contributed by atoms with E-state index in [-0.39, 0.29) is 5.82 Å². The minimum atomic E-state index is -0.450. The molecule has 1 N–H and O–H groups in total. The fourth-order valence-corrected chi connectivity index (χ4v) is 2.38. The molecule has 118 valence electrons. The van der Waals surface area contributed by atoms with Crippen LogP contribution in [0.25, 0.3) is 5.69 Å². The van der Waals surface area contributed by atoms with Crippen LogP contribution in [0, 0.1) is 18.3 Å². The number of aryl methyl sites for hydroxylation is 1. The molecular weight excluding hydrogens is 326 g/mol. The lowest BCUT2D eigenvalue weighted by atomic mass is 10.2. The Morgan fingerprint density at radius 2 is 2.04 bits per heavy atom. The van der Waals surface area contributed by atoms with Crippen LogP contribution in [0.5, 0.6) is 0 Å². The predicted octanol–water partition coefficient (Wildman–Crippen LogP) is 3.35. The van der Waals surface area contributed by atoms with Crippen molar-refractivity contribution in [3.8, 4) is 11.8 Å². The number of nitrogens with zero attached hydrogens (tertiary/aromatic N) is 4. The SMILES string of the molecule is Cc1nc(C(=O)Nc2cccc(C#N)c2)nn1-c1cccc(Cl)c1. The minimum absolute atomic E-state index is 0.0369. The van der Waals surface area contributed by atoms with Crippen LogP contribution in [-0.4, -0.2) is 20.7 Å². The van der Waals surface area contributed by atoms with E-state index in [4.69, 9.17) is 16.9 Å². The third-order valence-corrected chi connectivity index (χ3v) is 3.51. The van der Waals surface area contributed by atoms with Crippen LogP contribution >= 0.6 is 11.6 Å². The summed E-state index contributed by atoms with van der Waals surface area (Å²) in [5.41, 5.74) is 1.69. The normalized spacial score (nSPS) is 10.2. The summed E-state index contributed by atoms with van der Waals surface area (Å²) in [5, 5.41) is 16.4. The third-order valence-electron chi connectivity index (χ3n) is 3.27. The van der Waals surface area contributed by atoms with E-state index in [0.717, 1.165) is 5.69 Å². The second kappa shape index (κ2) is 6.52. The lowest BCUT2D eigenvalue weighted by Gasteiger charge is -2.03. The van der Waals surface area contributed by atoms with Crippen molar-refractivity contribution in [1.82, 2.24) is 14.8 Å². The number of nitrogens with one attached hydrogen (secondary N) is 1. The molecule has 7 heteroatoms. The van der Waals surface area contributed by atoms with Crippen LogP contribution in [0.1, 0.15) is 22.0 Å². The average molecular weight is 338 g/mol. The van der Waals surface area contributed by atoms with Gasteiger partial charge in [0.2, 0.25) is 5.82 Å². The maximum atomic E-state index is 12.3. The highest BCUT2D eigenvalue weighted by atomic mass is 35.5. The number of benzene rings is 2. The lowest BCUT2D eigenvalue weighted by molar-refractivity contribution is 0.101. The Morgan fingerprint density at radius 3 is 2.79 bits per heavy atom. The monoisotopic (exact) mass is 337 g/mol. The molecule has 0 saturated carbocycles. The second-order valence-corrected chi connectivity index (χ2v) is 5.46. The Bertz CT molecular complexity index is 958. The molecule has 0 fully saturated rings. The average Bonchev–Trinajstić information content (AvgIpc) is 2.97. The second-order valence-electron chi connectivity index (χ2n) is 5.02. The molecular formula is C17H12ClN5O. The van der Waals surface area contributed by atoms with Crippen molar-refractivity contribution >= 4 is 23.2 Å². The molecule has 1 amide bonds. The number of amides is 1. The number of nitriles is 1. The van der Waals surface area contributed by atoms with E-state index in [9.17, 15) is 4.79 Å². The van der Waals surface area contributed by atoms with Gasteiger partial charge in [-0.15, -0.1) is 5.10 Å². The van der Waals surface area contributed by atoms with E-state index in [2.05, 4.69) is 15.4 Å². The molecule has 0 aliphatic carbocycles. The first-order valence-corrected chi connectivity index (χ1v) is 7.46. The molecule has 1 heterocycles. The fourth-order valence-electron chi connectivity index (χ4n) is 2.19. The third kappa shape index (κ3) is 3.26. The maximum Gasteiger partial charge on any atom is 0.295 e. The molecule has 6 nitrogen and oxygen atoms in total. The van der Waals surface area contributed by atoms with E-state index >= 15 is 0 Å².